The van der Waals surface area contributed by atoms with Crippen LogP contribution in [0.3, 0.4) is 0 Å². The second kappa shape index (κ2) is 3.37. The fourth-order valence-electron chi connectivity index (χ4n) is 1.13. The van der Waals surface area contributed by atoms with Crippen molar-refractivity contribution >= 4 is 0 Å². The van der Waals surface area contributed by atoms with Crippen molar-refractivity contribution in [3.63, 3.8) is 0 Å². The molecule has 5 nitrogen and oxygen atoms in total. The van der Waals surface area contributed by atoms with Crippen LogP contribution < -0.4 is 5.56 Å². The van der Waals surface area contributed by atoms with E-state index in [0.717, 1.165) is 0 Å². The van der Waals surface area contributed by atoms with Crippen LogP contribution in [0.25, 0.3) is 11.4 Å². The first kappa shape index (κ1) is 8.55. The summed E-state index contributed by atoms with van der Waals surface area (Å²) in [6.45, 7) is 1.79. The maximum atomic E-state index is 11.0. The molecule has 0 aliphatic carbocycles. The molecular weight excluding hydrogens is 180 g/mol. The minimum atomic E-state index is -0.252. The van der Waals surface area contributed by atoms with Crippen molar-refractivity contribution < 1.29 is 0 Å². The smallest absolute Gasteiger partial charge is 0.264 e. The molecule has 0 amide bonds. The zero-order chi connectivity index (χ0) is 9.97. The Bertz CT molecular complexity index is 492. The fourth-order valence-corrected chi connectivity index (χ4v) is 1.13. The van der Waals surface area contributed by atoms with E-state index >= 15 is 0 Å². The normalized spacial score (nSPS) is 10.1. The number of aryl methyl sites for hydroxylation is 1. The first-order chi connectivity index (χ1) is 6.77. The van der Waals surface area contributed by atoms with E-state index < -0.39 is 0 Å². The molecule has 0 bridgehead atoms. The Balaban J connectivity index is 2.62. The highest BCUT2D eigenvalue weighted by atomic mass is 16.1. The first-order valence-electron chi connectivity index (χ1n) is 4.11. The lowest BCUT2D eigenvalue weighted by Gasteiger charge is -2.00. The lowest BCUT2D eigenvalue weighted by molar-refractivity contribution is 0.942. The van der Waals surface area contributed by atoms with E-state index in [1.54, 1.807) is 25.4 Å². The Kier molecular flexibility index (Phi) is 2.06. The third kappa shape index (κ3) is 1.52. The Morgan fingerprint density at radius 2 is 2.00 bits per heavy atom. The quantitative estimate of drug-likeness (QED) is 0.708. The van der Waals surface area contributed by atoms with Gasteiger partial charge in [0.05, 0.1) is 5.69 Å². The molecule has 0 spiro atoms. The molecular formula is C9H8N4O. The van der Waals surface area contributed by atoms with Crippen molar-refractivity contribution in [2.45, 2.75) is 6.92 Å². The Labute approximate surface area is 79.9 Å². The van der Waals surface area contributed by atoms with E-state index in [1.165, 1.54) is 6.07 Å². The zero-order valence-electron chi connectivity index (χ0n) is 7.56. The second-order valence-corrected chi connectivity index (χ2v) is 2.80. The predicted molar refractivity (Wildman–Crippen MR) is 50.6 cm³/mol. The third-order valence-corrected chi connectivity index (χ3v) is 1.81. The number of rotatable bonds is 1. The van der Waals surface area contributed by atoms with Crippen LogP contribution in [0.1, 0.15) is 5.69 Å². The van der Waals surface area contributed by atoms with Gasteiger partial charge in [-0.05, 0) is 13.0 Å². The number of aromatic amines is 1. The fraction of sp³-hybridized carbons (Fsp3) is 0.111. The van der Waals surface area contributed by atoms with Crippen LogP contribution in [0.2, 0.25) is 0 Å². The van der Waals surface area contributed by atoms with Crippen molar-refractivity contribution in [3.05, 3.63) is 40.6 Å². The van der Waals surface area contributed by atoms with Crippen molar-refractivity contribution in [1.29, 1.82) is 0 Å². The summed E-state index contributed by atoms with van der Waals surface area (Å²) in [6.07, 6.45) is 3.26. The van der Waals surface area contributed by atoms with Crippen molar-refractivity contribution in [2.24, 2.45) is 0 Å². The maximum absolute atomic E-state index is 11.0. The predicted octanol–water partition coefficient (Wildman–Crippen LogP) is 0.535. The number of hydrogen-bond donors (Lipinski definition) is 1. The van der Waals surface area contributed by atoms with Gasteiger partial charge in [-0.25, -0.2) is 15.1 Å². The lowest BCUT2D eigenvalue weighted by atomic mass is 10.2. The van der Waals surface area contributed by atoms with Gasteiger partial charge in [-0.15, -0.1) is 0 Å². The molecule has 0 saturated carbocycles. The van der Waals surface area contributed by atoms with Gasteiger partial charge in [-0.1, -0.05) is 0 Å². The largest absolute Gasteiger partial charge is 0.268 e. The molecule has 0 atom stereocenters. The molecule has 0 saturated heterocycles. The molecule has 5 heteroatoms. The van der Waals surface area contributed by atoms with Gasteiger partial charge < -0.3 is 0 Å². The van der Waals surface area contributed by atoms with Crippen LogP contribution in [0.5, 0.6) is 0 Å². The van der Waals surface area contributed by atoms with Gasteiger partial charge in [0.15, 0.2) is 5.82 Å². The van der Waals surface area contributed by atoms with E-state index in [2.05, 4.69) is 20.2 Å². The molecule has 0 unspecified atom stereocenters. The summed E-state index contributed by atoms with van der Waals surface area (Å²) in [4.78, 5) is 19.1. The van der Waals surface area contributed by atoms with E-state index in [0.29, 0.717) is 17.1 Å². The molecule has 0 aliphatic heterocycles. The van der Waals surface area contributed by atoms with Crippen LogP contribution >= 0.6 is 0 Å². The molecule has 0 aromatic carbocycles. The highest BCUT2D eigenvalue weighted by Gasteiger charge is 2.05. The van der Waals surface area contributed by atoms with Crippen LogP contribution in [0.15, 0.2) is 29.3 Å². The SMILES string of the molecule is Cc1n[nH]c(=O)cc1-c1ncccn1. The second-order valence-electron chi connectivity index (χ2n) is 2.80. The summed E-state index contributed by atoms with van der Waals surface area (Å²) < 4.78 is 0. The molecule has 2 heterocycles. The molecule has 70 valence electrons. The summed E-state index contributed by atoms with van der Waals surface area (Å²) in [7, 11) is 0. The van der Waals surface area contributed by atoms with Gasteiger partial charge in [0.2, 0.25) is 0 Å². The molecule has 1 N–H and O–H groups in total. The van der Waals surface area contributed by atoms with Crippen LogP contribution in [-0.2, 0) is 0 Å². The molecule has 2 aromatic heterocycles. The number of nitrogens with zero attached hydrogens (tertiary/aromatic N) is 3. The lowest BCUT2D eigenvalue weighted by Crippen LogP contribution is -2.09. The first-order valence-corrected chi connectivity index (χ1v) is 4.11. The summed E-state index contributed by atoms with van der Waals surface area (Å²) in [5.74, 6) is 0.517. The molecule has 0 radical (unpaired) electrons. The molecule has 0 fully saturated rings. The topological polar surface area (TPSA) is 71.5 Å². The van der Waals surface area contributed by atoms with E-state index in [4.69, 9.17) is 0 Å². The zero-order valence-corrected chi connectivity index (χ0v) is 7.56. The number of hydrogen-bond acceptors (Lipinski definition) is 4. The molecule has 2 aromatic rings. The van der Waals surface area contributed by atoms with Crippen LogP contribution in [0.4, 0.5) is 0 Å². The highest BCUT2D eigenvalue weighted by molar-refractivity contribution is 5.56. The van der Waals surface area contributed by atoms with E-state index in [1.807, 2.05) is 0 Å². The number of H-pyrrole nitrogens is 1. The molecule has 0 aliphatic rings. The van der Waals surface area contributed by atoms with E-state index in [-0.39, 0.29) is 5.56 Å². The monoisotopic (exact) mass is 188 g/mol. The van der Waals surface area contributed by atoms with Crippen molar-refractivity contribution in [3.8, 4) is 11.4 Å². The number of nitrogens with one attached hydrogen (secondary N) is 1. The van der Waals surface area contributed by atoms with Gasteiger partial charge in [0, 0.05) is 24.0 Å². The average molecular weight is 188 g/mol. The Hall–Kier alpha value is -2.04. The minimum Gasteiger partial charge on any atom is -0.268 e. The summed E-state index contributed by atoms with van der Waals surface area (Å²) >= 11 is 0. The summed E-state index contributed by atoms with van der Waals surface area (Å²) in [5, 5.41) is 6.19. The standard InChI is InChI=1S/C9H8N4O/c1-6-7(5-8(14)13-12-6)9-10-3-2-4-11-9/h2-5H,1H3,(H,13,14). The minimum absolute atomic E-state index is 0.252. The number of aromatic nitrogens is 4. The molecule has 14 heavy (non-hydrogen) atoms. The molecule has 2 rings (SSSR count). The van der Waals surface area contributed by atoms with Gasteiger partial charge >= 0.3 is 0 Å². The summed E-state index contributed by atoms with van der Waals surface area (Å²) in [6, 6.07) is 3.16. The average Bonchev–Trinajstić information content (AvgIpc) is 2.23. The third-order valence-electron chi connectivity index (χ3n) is 1.81. The maximum Gasteiger partial charge on any atom is 0.264 e. The van der Waals surface area contributed by atoms with Crippen LogP contribution in [-0.4, -0.2) is 20.2 Å². The Morgan fingerprint density at radius 1 is 1.29 bits per heavy atom. The summed E-state index contributed by atoms with van der Waals surface area (Å²) in [5.41, 5.74) is 1.11. The van der Waals surface area contributed by atoms with Gasteiger partial charge in [-0.2, -0.15) is 5.10 Å². The Morgan fingerprint density at radius 3 is 2.71 bits per heavy atom. The van der Waals surface area contributed by atoms with E-state index in [9.17, 15) is 4.79 Å². The van der Waals surface area contributed by atoms with Gasteiger partial charge in [0.25, 0.3) is 5.56 Å². The van der Waals surface area contributed by atoms with Gasteiger partial charge in [-0.3, -0.25) is 4.79 Å². The highest BCUT2D eigenvalue weighted by Crippen LogP contribution is 2.13. The van der Waals surface area contributed by atoms with Crippen LogP contribution in [0, 0.1) is 6.92 Å². The van der Waals surface area contributed by atoms with Gasteiger partial charge in [0.1, 0.15) is 0 Å². The van der Waals surface area contributed by atoms with Crippen molar-refractivity contribution in [1.82, 2.24) is 20.2 Å². The van der Waals surface area contributed by atoms with Crippen molar-refractivity contribution in [2.75, 3.05) is 0 Å².